The van der Waals surface area contributed by atoms with Crippen LogP contribution in [0, 0.1) is 0 Å². The van der Waals surface area contributed by atoms with Gasteiger partial charge in [-0.3, -0.25) is 0 Å². The van der Waals surface area contributed by atoms with Gasteiger partial charge in [0.2, 0.25) is 5.13 Å². The molecule has 0 radical (unpaired) electrons. The third kappa shape index (κ3) is 4.76. The van der Waals surface area contributed by atoms with Crippen molar-refractivity contribution in [3.63, 3.8) is 0 Å². The van der Waals surface area contributed by atoms with Crippen LogP contribution in [0.5, 0.6) is 5.75 Å². The number of alkyl halides is 3. The fourth-order valence-electron chi connectivity index (χ4n) is 1.96. The van der Waals surface area contributed by atoms with Gasteiger partial charge in [-0.1, -0.05) is 46.1 Å². The molecule has 0 saturated heterocycles. The molecule has 25 heavy (non-hydrogen) atoms. The summed E-state index contributed by atoms with van der Waals surface area (Å²) in [6.45, 7) is 0. The van der Waals surface area contributed by atoms with E-state index in [-0.39, 0.29) is 16.1 Å². The van der Waals surface area contributed by atoms with Gasteiger partial charge in [0, 0.05) is 21.7 Å². The lowest BCUT2D eigenvalue weighted by molar-refractivity contribution is -0.274. The first kappa shape index (κ1) is 18.3. The highest BCUT2D eigenvalue weighted by Crippen LogP contribution is 2.33. The number of nitrogens with zero attached hydrogens (tertiary/aromatic N) is 2. The summed E-state index contributed by atoms with van der Waals surface area (Å²) in [5, 5.41) is 1.18. The molecule has 2 aromatic carbocycles. The summed E-state index contributed by atoms with van der Waals surface area (Å²) in [5.41, 5.74) is 0.978. The van der Waals surface area contributed by atoms with Gasteiger partial charge in [0.15, 0.2) is 0 Å². The molecule has 0 atom stereocenters. The van der Waals surface area contributed by atoms with Gasteiger partial charge in [0.05, 0.1) is 10.2 Å². The maximum absolute atomic E-state index is 12.3. The van der Waals surface area contributed by atoms with Gasteiger partial charge in [0.25, 0.3) is 0 Å². The topological polar surface area (TPSA) is 34.5 Å². The van der Waals surface area contributed by atoms with E-state index in [0.29, 0.717) is 25.8 Å². The van der Waals surface area contributed by atoms with Gasteiger partial charge in [-0.05, 0) is 30.3 Å². The average molecular weight is 426 g/mol. The number of benzene rings is 2. The van der Waals surface area contributed by atoms with E-state index in [2.05, 4.69) is 14.7 Å². The van der Waals surface area contributed by atoms with Crippen LogP contribution in [0.25, 0.3) is 10.2 Å². The molecule has 0 aliphatic heterocycles. The molecule has 0 spiro atoms. The zero-order valence-electron chi connectivity index (χ0n) is 11.9. The molecule has 0 unspecified atom stereocenters. The Balaban J connectivity index is 1.93. The van der Waals surface area contributed by atoms with Crippen LogP contribution in [0.2, 0.25) is 10.0 Å². The van der Waals surface area contributed by atoms with Crippen molar-refractivity contribution in [3.05, 3.63) is 52.0 Å². The smallest absolute Gasteiger partial charge is 0.406 e. The van der Waals surface area contributed by atoms with Crippen molar-refractivity contribution in [2.45, 2.75) is 6.36 Å². The fraction of sp³-hybridized carbons (Fsp3) is 0.0667. The molecule has 3 rings (SSSR count). The number of thiazole rings is 1. The van der Waals surface area contributed by atoms with Gasteiger partial charge in [-0.25, -0.2) is 9.98 Å². The molecule has 1 heterocycles. The number of hydrogen-bond acceptors (Lipinski definition) is 4. The molecule has 0 fully saturated rings. The molecular formula is C15H6Cl3F3N2OS. The number of halogens is 6. The highest BCUT2D eigenvalue weighted by molar-refractivity contribution is 7.22. The first-order valence-corrected chi connectivity index (χ1v) is 8.52. The van der Waals surface area contributed by atoms with E-state index in [0.717, 1.165) is 11.3 Å². The number of rotatable bonds is 3. The lowest BCUT2D eigenvalue weighted by atomic mass is 10.2. The summed E-state index contributed by atoms with van der Waals surface area (Å²) in [6.07, 6.45) is -4.76. The second-order valence-corrected chi connectivity index (χ2v) is 6.97. The summed E-state index contributed by atoms with van der Waals surface area (Å²) in [5.74, 6) is -0.327. The van der Waals surface area contributed by atoms with Gasteiger partial charge in [-0.2, -0.15) is 0 Å². The monoisotopic (exact) mass is 424 g/mol. The number of aliphatic imine (C=N–C) groups is 1. The Kier molecular flexibility index (Phi) is 5.11. The number of ether oxygens (including phenoxy) is 1. The maximum atomic E-state index is 12.3. The van der Waals surface area contributed by atoms with E-state index in [1.807, 2.05) is 0 Å². The van der Waals surface area contributed by atoms with Gasteiger partial charge < -0.3 is 4.74 Å². The first-order valence-electron chi connectivity index (χ1n) is 6.56. The Bertz CT molecular complexity index is 952. The highest BCUT2D eigenvalue weighted by atomic mass is 35.5. The van der Waals surface area contributed by atoms with Crippen molar-refractivity contribution in [1.29, 1.82) is 0 Å². The maximum Gasteiger partial charge on any atom is 0.573 e. The predicted octanol–water partition coefficient (Wildman–Crippen LogP) is 6.82. The Hall–Kier alpha value is -1.54. The van der Waals surface area contributed by atoms with Crippen LogP contribution in [0.15, 0.2) is 41.4 Å². The minimum atomic E-state index is -4.76. The van der Waals surface area contributed by atoms with Crippen LogP contribution in [0.4, 0.5) is 18.3 Å². The molecular weight excluding hydrogens is 420 g/mol. The largest absolute Gasteiger partial charge is 0.573 e. The third-order valence-corrected chi connectivity index (χ3v) is 4.53. The average Bonchev–Trinajstić information content (AvgIpc) is 2.85. The SMILES string of the molecule is FC(F)(F)Oc1ccc2nc(N=C(Cl)c3cc(Cl)cc(Cl)c3)sc2c1. The van der Waals surface area contributed by atoms with E-state index in [1.54, 1.807) is 18.2 Å². The normalized spacial score (nSPS) is 12.6. The molecule has 130 valence electrons. The Morgan fingerprint density at radius 1 is 1.08 bits per heavy atom. The van der Waals surface area contributed by atoms with E-state index in [4.69, 9.17) is 34.8 Å². The summed E-state index contributed by atoms with van der Waals surface area (Å²) in [7, 11) is 0. The van der Waals surface area contributed by atoms with Gasteiger partial charge in [0.1, 0.15) is 10.9 Å². The summed E-state index contributed by atoms with van der Waals surface area (Å²) in [6, 6.07) is 8.56. The zero-order valence-corrected chi connectivity index (χ0v) is 15.0. The second kappa shape index (κ2) is 6.99. The third-order valence-electron chi connectivity index (χ3n) is 2.88. The molecule has 0 amide bonds. The minimum absolute atomic E-state index is 0.107. The van der Waals surface area contributed by atoms with Crippen LogP contribution < -0.4 is 4.74 Å². The summed E-state index contributed by atoms with van der Waals surface area (Å²) >= 11 is 19.1. The molecule has 1 aromatic heterocycles. The summed E-state index contributed by atoms with van der Waals surface area (Å²) < 4.78 is 41.2. The van der Waals surface area contributed by atoms with Gasteiger partial charge >= 0.3 is 6.36 Å². The zero-order chi connectivity index (χ0) is 18.2. The molecule has 3 aromatic rings. The van der Waals surface area contributed by atoms with Crippen LogP contribution in [-0.4, -0.2) is 16.5 Å². The predicted molar refractivity (Wildman–Crippen MR) is 94.8 cm³/mol. The van der Waals surface area contributed by atoms with E-state index in [1.165, 1.54) is 18.2 Å². The quantitative estimate of drug-likeness (QED) is 0.432. The van der Waals surface area contributed by atoms with Crippen molar-refractivity contribution in [3.8, 4) is 5.75 Å². The van der Waals surface area contributed by atoms with Crippen LogP contribution in [0.3, 0.4) is 0 Å². The molecule has 0 bridgehead atoms. The summed E-state index contributed by atoms with van der Waals surface area (Å²) in [4.78, 5) is 8.37. The molecule has 0 aliphatic rings. The molecule has 0 N–H and O–H groups in total. The van der Waals surface area contributed by atoms with E-state index < -0.39 is 6.36 Å². The number of fused-ring (bicyclic) bond motifs is 1. The van der Waals surface area contributed by atoms with Gasteiger partial charge in [-0.15, -0.1) is 13.2 Å². The highest BCUT2D eigenvalue weighted by Gasteiger charge is 2.31. The lowest BCUT2D eigenvalue weighted by Gasteiger charge is -2.07. The Labute approximate surface area is 158 Å². The van der Waals surface area contributed by atoms with E-state index >= 15 is 0 Å². The molecule has 0 saturated carbocycles. The van der Waals surface area contributed by atoms with Crippen molar-refractivity contribution in [1.82, 2.24) is 4.98 Å². The molecule has 0 aliphatic carbocycles. The Morgan fingerprint density at radius 2 is 1.76 bits per heavy atom. The molecule has 10 heteroatoms. The van der Waals surface area contributed by atoms with Crippen molar-refractivity contribution >= 4 is 66.7 Å². The number of aromatic nitrogens is 1. The fourth-order valence-corrected chi connectivity index (χ4v) is 3.60. The van der Waals surface area contributed by atoms with E-state index in [9.17, 15) is 13.2 Å². The minimum Gasteiger partial charge on any atom is -0.406 e. The lowest BCUT2D eigenvalue weighted by Crippen LogP contribution is -2.16. The first-order chi connectivity index (χ1) is 11.7. The van der Waals surface area contributed by atoms with Crippen molar-refractivity contribution < 1.29 is 17.9 Å². The van der Waals surface area contributed by atoms with Crippen molar-refractivity contribution in [2.24, 2.45) is 4.99 Å². The van der Waals surface area contributed by atoms with Crippen molar-refractivity contribution in [2.75, 3.05) is 0 Å². The van der Waals surface area contributed by atoms with Crippen LogP contribution in [-0.2, 0) is 0 Å². The standard InChI is InChI=1S/C15H6Cl3F3N2OS/c16-8-3-7(4-9(17)5-8)13(18)23-14-22-11-2-1-10(6-12(11)25-14)24-15(19,20)21/h1-6H. The Morgan fingerprint density at radius 3 is 2.40 bits per heavy atom. The van der Waals surface area contributed by atoms with Crippen LogP contribution in [0.1, 0.15) is 5.56 Å². The second-order valence-electron chi connectivity index (χ2n) is 4.73. The number of hydrogen-bond donors (Lipinski definition) is 0. The molecule has 3 nitrogen and oxygen atoms in total. The van der Waals surface area contributed by atoms with Crippen LogP contribution >= 0.6 is 46.1 Å².